The number of nitrogen functional groups attached to an aromatic ring is 2. The van der Waals surface area contributed by atoms with E-state index in [4.69, 9.17) is 11.5 Å². The maximum Gasteiger partial charge on any atom is 0.147 e. The average Bonchev–Trinajstić information content (AvgIpc) is 3.26. The molecule has 1 aliphatic rings. The van der Waals surface area contributed by atoms with Gasteiger partial charge >= 0.3 is 0 Å². The minimum Gasteiger partial charge on any atom is -0.396 e. The molecule has 5 N–H and O–H groups in total. The average molecular weight is 324 g/mol. The first-order valence-corrected chi connectivity index (χ1v) is 8.26. The van der Waals surface area contributed by atoms with Crippen molar-refractivity contribution in [1.29, 1.82) is 0 Å². The minimum absolute atomic E-state index is 0.353. The van der Waals surface area contributed by atoms with Crippen molar-refractivity contribution in [3.05, 3.63) is 35.1 Å². The van der Waals surface area contributed by atoms with Crippen LogP contribution in [-0.4, -0.2) is 21.0 Å². The molecule has 0 spiro atoms. The Labute approximate surface area is 137 Å². The van der Waals surface area contributed by atoms with Gasteiger partial charge in [0.1, 0.15) is 18.0 Å². The van der Waals surface area contributed by atoms with Gasteiger partial charge in [-0.1, -0.05) is 12.2 Å². The number of fused-ring (bicyclic) bond motifs is 1. The summed E-state index contributed by atoms with van der Waals surface area (Å²) in [6, 6.07) is 2.38. The monoisotopic (exact) mass is 324 g/mol. The molecule has 6 nitrogen and oxygen atoms in total. The lowest BCUT2D eigenvalue weighted by Gasteiger charge is -2.03. The Bertz CT molecular complexity index is 897. The van der Waals surface area contributed by atoms with E-state index in [0.717, 1.165) is 27.2 Å². The molecule has 0 atom stereocenters. The number of hydrogen-bond donors (Lipinski definition) is 3. The zero-order valence-corrected chi connectivity index (χ0v) is 13.2. The largest absolute Gasteiger partial charge is 0.396 e. The van der Waals surface area contributed by atoms with Crippen LogP contribution in [0.1, 0.15) is 24.0 Å². The fraction of sp³-hybridized carbons (Fsp3) is 0.188. The summed E-state index contributed by atoms with van der Waals surface area (Å²) in [5.74, 6) is 1.28. The second kappa shape index (κ2) is 5.51. The number of rotatable bonds is 4. The summed E-state index contributed by atoms with van der Waals surface area (Å²) in [4.78, 5) is 12.8. The van der Waals surface area contributed by atoms with Crippen molar-refractivity contribution in [3.63, 3.8) is 0 Å². The molecule has 23 heavy (non-hydrogen) atoms. The van der Waals surface area contributed by atoms with E-state index >= 15 is 0 Å². The standard InChI is InChI=1S/C16H16N6S/c17-12-5-9(6-19-15(12)18)1-2-10-7-23-14-13(10)20-8-21-16(14)22-11-3-4-11/h1-2,5-8,11H,3-4,17H2,(H2,18,19)(H,20,21,22)/b2-1+. The first-order valence-electron chi connectivity index (χ1n) is 7.38. The summed E-state index contributed by atoms with van der Waals surface area (Å²) in [5, 5.41) is 5.54. The van der Waals surface area contributed by atoms with Crippen molar-refractivity contribution in [2.75, 3.05) is 16.8 Å². The second-order valence-corrected chi connectivity index (χ2v) is 6.47. The molecule has 0 unspecified atom stereocenters. The Morgan fingerprint density at radius 3 is 2.83 bits per heavy atom. The number of nitrogens with zero attached hydrogens (tertiary/aromatic N) is 3. The highest BCUT2D eigenvalue weighted by molar-refractivity contribution is 7.18. The molecule has 4 rings (SSSR count). The van der Waals surface area contributed by atoms with Crippen molar-refractivity contribution in [2.45, 2.75) is 18.9 Å². The summed E-state index contributed by atoms with van der Waals surface area (Å²) in [6.07, 6.45) is 9.72. The number of anilines is 3. The van der Waals surface area contributed by atoms with Crippen LogP contribution in [0.2, 0.25) is 0 Å². The van der Waals surface area contributed by atoms with Gasteiger partial charge in [-0.3, -0.25) is 0 Å². The van der Waals surface area contributed by atoms with Crippen molar-refractivity contribution < 1.29 is 0 Å². The number of nitrogens with one attached hydrogen (secondary N) is 1. The fourth-order valence-corrected chi connectivity index (χ4v) is 3.24. The van der Waals surface area contributed by atoms with Crippen molar-refractivity contribution in [3.8, 4) is 0 Å². The molecule has 3 aromatic heterocycles. The number of pyridine rings is 1. The van der Waals surface area contributed by atoms with E-state index in [-0.39, 0.29) is 0 Å². The molecule has 3 heterocycles. The normalized spacial score (nSPS) is 14.6. The van der Waals surface area contributed by atoms with Crippen molar-refractivity contribution >= 4 is 51.0 Å². The quantitative estimate of drug-likeness (QED) is 0.682. The molecule has 3 aromatic rings. The summed E-state index contributed by atoms with van der Waals surface area (Å²) in [6.45, 7) is 0. The molecular formula is C16H16N6S. The smallest absolute Gasteiger partial charge is 0.147 e. The molecule has 7 heteroatoms. The highest BCUT2D eigenvalue weighted by Gasteiger charge is 2.22. The Kier molecular flexibility index (Phi) is 3.34. The molecule has 0 bridgehead atoms. The maximum absolute atomic E-state index is 5.78. The molecule has 1 fully saturated rings. The lowest BCUT2D eigenvalue weighted by atomic mass is 10.2. The van der Waals surface area contributed by atoms with Crippen LogP contribution in [0.3, 0.4) is 0 Å². The minimum atomic E-state index is 0.353. The first-order chi connectivity index (χ1) is 11.2. The van der Waals surface area contributed by atoms with Gasteiger partial charge in [0.25, 0.3) is 0 Å². The molecule has 0 aromatic carbocycles. The van der Waals surface area contributed by atoms with Gasteiger partial charge in [0, 0.05) is 23.2 Å². The molecule has 1 saturated carbocycles. The molecule has 0 radical (unpaired) electrons. The number of nitrogens with two attached hydrogens (primary N) is 2. The van der Waals surface area contributed by atoms with Crippen LogP contribution in [0, 0.1) is 0 Å². The van der Waals surface area contributed by atoms with Crippen LogP contribution in [0.15, 0.2) is 24.0 Å². The predicted octanol–water partition coefficient (Wildman–Crippen LogP) is 3.00. The van der Waals surface area contributed by atoms with E-state index in [1.807, 2.05) is 18.2 Å². The van der Waals surface area contributed by atoms with E-state index in [9.17, 15) is 0 Å². The van der Waals surface area contributed by atoms with E-state index in [1.54, 1.807) is 23.9 Å². The number of thiophene rings is 1. The molecule has 0 aliphatic heterocycles. The summed E-state index contributed by atoms with van der Waals surface area (Å²) in [7, 11) is 0. The van der Waals surface area contributed by atoms with Crippen molar-refractivity contribution in [2.24, 2.45) is 0 Å². The third-order valence-corrected chi connectivity index (χ3v) is 4.72. The third-order valence-electron chi connectivity index (χ3n) is 3.73. The Balaban J connectivity index is 1.66. The Hall–Kier alpha value is -2.67. The van der Waals surface area contributed by atoms with Crippen LogP contribution in [0.5, 0.6) is 0 Å². The van der Waals surface area contributed by atoms with E-state index in [1.165, 1.54) is 12.8 Å². The van der Waals surface area contributed by atoms with E-state index in [2.05, 4.69) is 25.6 Å². The molecule has 0 saturated heterocycles. The first kappa shape index (κ1) is 14.0. The Morgan fingerprint density at radius 2 is 2.04 bits per heavy atom. The molecule has 1 aliphatic carbocycles. The summed E-state index contributed by atoms with van der Waals surface area (Å²) >= 11 is 1.65. The molecule has 116 valence electrons. The lowest BCUT2D eigenvalue weighted by Crippen LogP contribution is -2.03. The predicted molar refractivity (Wildman–Crippen MR) is 96.0 cm³/mol. The van der Waals surface area contributed by atoms with Crippen molar-refractivity contribution in [1.82, 2.24) is 15.0 Å². The zero-order valence-electron chi connectivity index (χ0n) is 12.4. The fourth-order valence-electron chi connectivity index (χ4n) is 2.30. The maximum atomic E-state index is 5.78. The molecular weight excluding hydrogens is 308 g/mol. The highest BCUT2D eigenvalue weighted by atomic mass is 32.1. The topological polar surface area (TPSA) is 103 Å². The highest BCUT2D eigenvalue weighted by Crippen LogP contribution is 2.33. The SMILES string of the molecule is Nc1cc(/C=C/c2csc3c(NC4CC4)ncnc23)cnc1N. The van der Waals surface area contributed by atoms with Gasteiger partial charge in [0.05, 0.1) is 15.9 Å². The Morgan fingerprint density at radius 1 is 1.17 bits per heavy atom. The van der Waals surface area contributed by atoms with E-state index < -0.39 is 0 Å². The summed E-state index contributed by atoms with van der Waals surface area (Å²) < 4.78 is 1.09. The number of hydrogen-bond acceptors (Lipinski definition) is 7. The summed E-state index contributed by atoms with van der Waals surface area (Å²) in [5.41, 5.74) is 14.8. The lowest BCUT2D eigenvalue weighted by molar-refractivity contribution is 1.11. The van der Waals surface area contributed by atoms with Gasteiger partial charge in [-0.25, -0.2) is 15.0 Å². The third kappa shape index (κ3) is 2.83. The molecule has 0 amide bonds. The van der Waals surface area contributed by atoms with Gasteiger partial charge in [-0.05, 0) is 24.5 Å². The number of aromatic nitrogens is 3. The zero-order chi connectivity index (χ0) is 15.8. The van der Waals surface area contributed by atoms with Gasteiger partial charge < -0.3 is 16.8 Å². The van der Waals surface area contributed by atoms with E-state index in [0.29, 0.717) is 17.5 Å². The van der Waals surface area contributed by atoms with Crippen LogP contribution in [-0.2, 0) is 0 Å². The van der Waals surface area contributed by atoms with Gasteiger partial charge in [0.15, 0.2) is 0 Å². The van der Waals surface area contributed by atoms with Crippen LogP contribution in [0.25, 0.3) is 22.4 Å². The van der Waals surface area contributed by atoms with Gasteiger partial charge in [0.2, 0.25) is 0 Å². The van der Waals surface area contributed by atoms with Gasteiger partial charge in [-0.2, -0.15) is 0 Å². The van der Waals surface area contributed by atoms with Gasteiger partial charge in [-0.15, -0.1) is 11.3 Å². The van der Waals surface area contributed by atoms with Crippen LogP contribution >= 0.6 is 11.3 Å². The van der Waals surface area contributed by atoms with Crippen LogP contribution in [0.4, 0.5) is 17.3 Å². The second-order valence-electron chi connectivity index (χ2n) is 5.59. The van der Waals surface area contributed by atoms with Crippen LogP contribution < -0.4 is 16.8 Å².